The molecule has 3 nitrogen and oxygen atoms in total. The van der Waals surface area contributed by atoms with Gasteiger partial charge in [-0.25, -0.2) is 0 Å². The van der Waals surface area contributed by atoms with Crippen LogP contribution in [0.3, 0.4) is 0 Å². The molecule has 1 saturated heterocycles. The quantitative estimate of drug-likeness (QED) is 0.494. The molecular weight excluding hydrogens is 188 g/mol. The third-order valence-electron chi connectivity index (χ3n) is 2.74. The molecule has 0 aromatic carbocycles. The molecule has 15 heavy (non-hydrogen) atoms. The molecule has 3 heteroatoms. The van der Waals surface area contributed by atoms with Crippen molar-refractivity contribution in [1.82, 2.24) is 4.90 Å². The van der Waals surface area contributed by atoms with E-state index in [0.717, 1.165) is 26.1 Å². The SMILES string of the molecule is C=CCCCCCN1CCOC[C@H]1C#N. The first-order valence-corrected chi connectivity index (χ1v) is 5.71. The van der Waals surface area contributed by atoms with Gasteiger partial charge < -0.3 is 4.74 Å². The number of rotatable bonds is 6. The lowest BCUT2D eigenvalue weighted by Crippen LogP contribution is -2.44. The molecule has 0 amide bonds. The maximum Gasteiger partial charge on any atom is 0.121 e. The normalized spacial score (nSPS) is 22.2. The van der Waals surface area contributed by atoms with E-state index in [1.807, 2.05) is 6.08 Å². The molecular formula is C12H20N2O. The van der Waals surface area contributed by atoms with Crippen LogP contribution in [0.5, 0.6) is 0 Å². The number of ether oxygens (including phenoxy) is 1. The second-order valence-corrected chi connectivity index (χ2v) is 3.89. The minimum Gasteiger partial charge on any atom is -0.377 e. The van der Waals surface area contributed by atoms with E-state index >= 15 is 0 Å². The van der Waals surface area contributed by atoms with Crippen molar-refractivity contribution in [1.29, 1.82) is 5.26 Å². The summed E-state index contributed by atoms with van der Waals surface area (Å²) >= 11 is 0. The van der Waals surface area contributed by atoms with E-state index < -0.39 is 0 Å². The van der Waals surface area contributed by atoms with Crippen molar-refractivity contribution in [3.63, 3.8) is 0 Å². The zero-order valence-electron chi connectivity index (χ0n) is 9.32. The average Bonchev–Trinajstić information content (AvgIpc) is 2.29. The molecule has 0 aromatic heterocycles. The molecule has 0 bridgehead atoms. The van der Waals surface area contributed by atoms with Crippen LogP contribution in [0.2, 0.25) is 0 Å². The van der Waals surface area contributed by atoms with Gasteiger partial charge in [-0.05, 0) is 25.8 Å². The van der Waals surface area contributed by atoms with E-state index in [0.29, 0.717) is 6.61 Å². The fraction of sp³-hybridized carbons (Fsp3) is 0.750. The Balaban J connectivity index is 2.13. The number of morpholine rings is 1. The first-order valence-electron chi connectivity index (χ1n) is 5.71. The van der Waals surface area contributed by atoms with E-state index in [1.165, 1.54) is 19.3 Å². The molecule has 0 saturated carbocycles. The lowest BCUT2D eigenvalue weighted by molar-refractivity contribution is 0.0122. The highest BCUT2D eigenvalue weighted by molar-refractivity contribution is 4.93. The van der Waals surface area contributed by atoms with Crippen LogP contribution in [-0.4, -0.2) is 37.2 Å². The Morgan fingerprint density at radius 1 is 1.47 bits per heavy atom. The molecule has 1 heterocycles. The summed E-state index contributed by atoms with van der Waals surface area (Å²) in [7, 11) is 0. The third-order valence-corrected chi connectivity index (χ3v) is 2.74. The summed E-state index contributed by atoms with van der Waals surface area (Å²) in [6.45, 7) is 6.97. The smallest absolute Gasteiger partial charge is 0.121 e. The van der Waals surface area contributed by atoms with Crippen molar-refractivity contribution in [3.05, 3.63) is 12.7 Å². The Morgan fingerprint density at radius 2 is 2.33 bits per heavy atom. The van der Waals surface area contributed by atoms with Crippen molar-refractivity contribution >= 4 is 0 Å². The van der Waals surface area contributed by atoms with Crippen molar-refractivity contribution in [2.45, 2.75) is 31.7 Å². The van der Waals surface area contributed by atoms with Gasteiger partial charge in [-0.1, -0.05) is 12.5 Å². The van der Waals surface area contributed by atoms with E-state index in [-0.39, 0.29) is 6.04 Å². The lowest BCUT2D eigenvalue weighted by Gasteiger charge is -2.31. The zero-order valence-corrected chi connectivity index (χ0v) is 9.32. The largest absolute Gasteiger partial charge is 0.377 e. The minimum atomic E-state index is -0.0295. The molecule has 0 spiro atoms. The predicted octanol–water partition coefficient (Wildman–Crippen LogP) is 1.96. The van der Waals surface area contributed by atoms with Crippen molar-refractivity contribution in [2.75, 3.05) is 26.3 Å². The monoisotopic (exact) mass is 208 g/mol. The second-order valence-electron chi connectivity index (χ2n) is 3.89. The molecule has 1 rings (SSSR count). The molecule has 1 atom stereocenters. The number of nitrogens with zero attached hydrogens (tertiary/aromatic N) is 2. The maximum atomic E-state index is 8.92. The van der Waals surface area contributed by atoms with Gasteiger partial charge in [-0.3, -0.25) is 4.90 Å². The van der Waals surface area contributed by atoms with Gasteiger partial charge in [0.15, 0.2) is 0 Å². The lowest BCUT2D eigenvalue weighted by atomic mass is 10.1. The van der Waals surface area contributed by atoms with Crippen molar-refractivity contribution < 1.29 is 4.74 Å². The summed E-state index contributed by atoms with van der Waals surface area (Å²) in [4.78, 5) is 2.23. The van der Waals surface area contributed by atoms with Crippen LogP contribution in [0, 0.1) is 11.3 Å². The number of unbranched alkanes of at least 4 members (excludes halogenated alkanes) is 3. The molecule has 0 N–H and O–H groups in total. The highest BCUT2D eigenvalue weighted by atomic mass is 16.5. The minimum absolute atomic E-state index is 0.0295. The molecule has 1 fully saturated rings. The zero-order chi connectivity index (χ0) is 10.9. The Labute approximate surface area is 92.3 Å². The van der Waals surface area contributed by atoms with E-state index in [9.17, 15) is 0 Å². The standard InChI is InChI=1S/C12H20N2O/c1-2-3-4-5-6-7-14-8-9-15-11-12(14)10-13/h2,12H,1,3-9,11H2/t12-/m1/s1. The van der Waals surface area contributed by atoms with Gasteiger partial charge in [0.05, 0.1) is 19.3 Å². The molecule has 0 aliphatic carbocycles. The second kappa shape index (κ2) is 7.44. The molecule has 1 aliphatic heterocycles. The van der Waals surface area contributed by atoms with Crippen LogP contribution in [-0.2, 0) is 4.74 Å². The predicted molar refractivity (Wildman–Crippen MR) is 60.5 cm³/mol. The van der Waals surface area contributed by atoms with E-state index in [2.05, 4.69) is 17.5 Å². The molecule has 0 unspecified atom stereocenters. The van der Waals surface area contributed by atoms with Crippen LogP contribution in [0.15, 0.2) is 12.7 Å². The first kappa shape index (κ1) is 12.2. The van der Waals surface area contributed by atoms with Gasteiger partial charge in [-0.15, -0.1) is 6.58 Å². The van der Waals surface area contributed by atoms with Gasteiger partial charge in [0.2, 0.25) is 0 Å². The summed E-state index contributed by atoms with van der Waals surface area (Å²) in [5, 5.41) is 8.92. The van der Waals surface area contributed by atoms with Gasteiger partial charge in [0, 0.05) is 6.54 Å². The van der Waals surface area contributed by atoms with Crippen molar-refractivity contribution in [3.8, 4) is 6.07 Å². The summed E-state index contributed by atoms with van der Waals surface area (Å²) in [6.07, 6.45) is 6.68. The Bertz CT molecular complexity index is 222. The Morgan fingerprint density at radius 3 is 3.07 bits per heavy atom. The molecule has 1 aliphatic rings. The van der Waals surface area contributed by atoms with E-state index in [1.54, 1.807) is 0 Å². The summed E-state index contributed by atoms with van der Waals surface area (Å²) in [6, 6.07) is 2.26. The van der Waals surface area contributed by atoms with Crippen LogP contribution in [0.1, 0.15) is 25.7 Å². The van der Waals surface area contributed by atoms with Crippen LogP contribution in [0.25, 0.3) is 0 Å². The highest BCUT2D eigenvalue weighted by Crippen LogP contribution is 2.09. The summed E-state index contributed by atoms with van der Waals surface area (Å²) in [5.74, 6) is 0. The Kier molecular flexibility index (Phi) is 6.06. The maximum absolute atomic E-state index is 8.92. The number of hydrogen-bond acceptors (Lipinski definition) is 3. The van der Waals surface area contributed by atoms with E-state index in [4.69, 9.17) is 10.00 Å². The first-order chi connectivity index (χ1) is 7.38. The number of nitriles is 1. The molecule has 84 valence electrons. The van der Waals surface area contributed by atoms with Gasteiger partial charge in [0.1, 0.15) is 6.04 Å². The molecule has 0 radical (unpaired) electrons. The molecule has 0 aromatic rings. The van der Waals surface area contributed by atoms with Gasteiger partial charge in [-0.2, -0.15) is 5.26 Å². The van der Waals surface area contributed by atoms with Crippen LogP contribution in [0.4, 0.5) is 0 Å². The number of hydrogen-bond donors (Lipinski definition) is 0. The topological polar surface area (TPSA) is 36.3 Å². The van der Waals surface area contributed by atoms with Crippen LogP contribution < -0.4 is 0 Å². The number of allylic oxidation sites excluding steroid dienone is 1. The van der Waals surface area contributed by atoms with Crippen molar-refractivity contribution in [2.24, 2.45) is 0 Å². The van der Waals surface area contributed by atoms with Gasteiger partial charge >= 0.3 is 0 Å². The fourth-order valence-electron chi connectivity index (χ4n) is 1.80. The highest BCUT2D eigenvalue weighted by Gasteiger charge is 2.21. The average molecular weight is 208 g/mol. The van der Waals surface area contributed by atoms with Gasteiger partial charge in [0.25, 0.3) is 0 Å². The summed E-state index contributed by atoms with van der Waals surface area (Å²) < 4.78 is 5.27. The Hall–Kier alpha value is -0.850. The summed E-state index contributed by atoms with van der Waals surface area (Å²) in [5.41, 5.74) is 0. The van der Waals surface area contributed by atoms with Crippen LogP contribution >= 0.6 is 0 Å². The third kappa shape index (κ3) is 4.46. The fourth-order valence-corrected chi connectivity index (χ4v) is 1.80.